The molecule has 9 heteroatoms. The Morgan fingerprint density at radius 2 is 1.56 bits per heavy atom. The van der Waals surface area contributed by atoms with Crippen LogP contribution in [0.4, 0.5) is 0 Å². The van der Waals surface area contributed by atoms with Crippen molar-refractivity contribution in [2.45, 2.75) is 135 Å². The fourth-order valence-electron chi connectivity index (χ4n) is 5.00. The highest BCUT2D eigenvalue weighted by Crippen LogP contribution is 2.34. The largest absolute Gasteiger partial charge is 0.463 e. The number of esters is 1. The smallest absolute Gasteiger partial charge is 0.330 e. The molecule has 0 aromatic heterocycles. The maximum atomic E-state index is 11.9. The van der Waals surface area contributed by atoms with Gasteiger partial charge in [0.15, 0.2) is 11.6 Å². The van der Waals surface area contributed by atoms with Crippen molar-refractivity contribution in [3.63, 3.8) is 0 Å². The van der Waals surface area contributed by atoms with E-state index in [2.05, 4.69) is 0 Å². The standard InChI is InChI=1S/C30H54O9/c1-7-34-27(31)19-18-25(35-23-33-21-20-32-6)28-26(38-30(4,5)39-28)17-15-13-11-9-8-10-12-14-16-24-22-36-29(2,3)37-24/h18-19,24-26,28H,7-17,20-23H2,1-6H3/b19-18+/t24-,25-,26-,28-/m1/s1. The van der Waals surface area contributed by atoms with E-state index in [9.17, 15) is 4.79 Å². The van der Waals surface area contributed by atoms with Gasteiger partial charge in [0.2, 0.25) is 0 Å². The van der Waals surface area contributed by atoms with Crippen molar-refractivity contribution in [1.82, 2.24) is 0 Å². The quantitative estimate of drug-likeness (QED) is 0.0763. The van der Waals surface area contributed by atoms with E-state index in [0.717, 1.165) is 32.3 Å². The molecule has 2 saturated heterocycles. The van der Waals surface area contributed by atoms with E-state index in [1.54, 1.807) is 20.1 Å². The van der Waals surface area contributed by atoms with Crippen LogP contribution in [-0.2, 0) is 42.7 Å². The fraction of sp³-hybridized carbons (Fsp3) is 0.900. The maximum absolute atomic E-state index is 11.9. The minimum atomic E-state index is -0.725. The lowest BCUT2D eigenvalue weighted by Gasteiger charge is -2.24. The van der Waals surface area contributed by atoms with Crippen molar-refractivity contribution >= 4 is 5.97 Å². The van der Waals surface area contributed by atoms with Crippen LogP contribution in [0.3, 0.4) is 0 Å². The molecule has 0 radical (unpaired) electrons. The molecule has 0 aliphatic carbocycles. The first-order valence-electron chi connectivity index (χ1n) is 14.9. The molecular weight excluding hydrogens is 504 g/mol. The second kappa shape index (κ2) is 18.4. The van der Waals surface area contributed by atoms with Crippen LogP contribution in [0.15, 0.2) is 12.2 Å². The first-order chi connectivity index (χ1) is 18.7. The monoisotopic (exact) mass is 558 g/mol. The molecule has 0 bridgehead atoms. The summed E-state index contributed by atoms with van der Waals surface area (Å²) in [5.74, 6) is -1.55. The molecule has 2 rings (SSSR count). The third kappa shape index (κ3) is 14.4. The van der Waals surface area contributed by atoms with E-state index < -0.39 is 23.6 Å². The number of unbranched alkanes of at least 4 members (excludes halogenated alkanes) is 7. The molecule has 2 fully saturated rings. The minimum Gasteiger partial charge on any atom is -0.463 e. The normalized spacial score (nSPS) is 24.9. The van der Waals surface area contributed by atoms with Gasteiger partial charge in [0.1, 0.15) is 19.0 Å². The number of hydrogen-bond acceptors (Lipinski definition) is 9. The van der Waals surface area contributed by atoms with Crippen molar-refractivity contribution in [3.8, 4) is 0 Å². The van der Waals surface area contributed by atoms with Gasteiger partial charge < -0.3 is 37.9 Å². The van der Waals surface area contributed by atoms with E-state index in [-0.39, 0.29) is 25.1 Å². The summed E-state index contributed by atoms with van der Waals surface area (Å²) < 4.78 is 45.5. The number of carbonyl (C=O) groups excluding carboxylic acids is 1. The number of methoxy groups -OCH3 is 1. The van der Waals surface area contributed by atoms with Crippen molar-refractivity contribution < 1.29 is 42.7 Å². The van der Waals surface area contributed by atoms with E-state index in [1.165, 1.54) is 44.6 Å². The summed E-state index contributed by atoms with van der Waals surface area (Å²) in [5, 5.41) is 0. The van der Waals surface area contributed by atoms with Gasteiger partial charge in [-0.25, -0.2) is 4.79 Å². The summed E-state index contributed by atoms with van der Waals surface area (Å²) in [7, 11) is 1.62. The first kappa shape index (κ1) is 34.1. The SMILES string of the molecule is CCOC(=O)/C=C/[C@@H](OCOCCOC)[C@H]1OC(C)(C)O[C@@H]1CCCCCCCCCC[C@@H]1COC(C)(C)O1. The zero-order valence-corrected chi connectivity index (χ0v) is 25.2. The fourth-order valence-corrected chi connectivity index (χ4v) is 5.00. The molecule has 2 aliphatic rings. The molecule has 0 saturated carbocycles. The van der Waals surface area contributed by atoms with E-state index in [4.69, 9.17) is 37.9 Å². The van der Waals surface area contributed by atoms with E-state index >= 15 is 0 Å². The van der Waals surface area contributed by atoms with Crippen LogP contribution in [0.1, 0.15) is 98.8 Å². The van der Waals surface area contributed by atoms with E-state index in [0.29, 0.717) is 19.8 Å². The van der Waals surface area contributed by atoms with Gasteiger partial charge in [0.05, 0.1) is 38.6 Å². The highest BCUT2D eigenvalue weighted by molar-refractivity contribution is 5.81. The van der Waals surface area contributed by atoms with Gasteiger partial charge in [-0.3, -0.25) is 0 Å². The Morgan fingerprint density at radius 3 is 2.18 bits per heavy atom. The predicted molar refractivity (Wildman–Crippen MR) is 148 cm³/mol. The summed E-state index contributed by atoms with van der Waals surface area (Å²) in [4.78, 5) is 11.9. The molecule has 2 heterocycles. The third-order valence-electron chi connectivity index (χ3n) is 6.86. The Hall–Kier alpha value is -1.07. The van der Waals surface area contributed by atoms with Crippen LogP contribution in [-0.4, -0.2) is 82.3 Å². The van der Waals surface area contributed by atoms with Crippen LogP contribution >= 0.6 is 0 Å². The first-order valence-corrected chi connectivity index (χ1v) is 14.9. The Bertz CT molecular complexity index is 694. The van der Waals surface area contributed by atoms with Crippen LogP contribution < -0.4 is 0 Å². The van der Waals surface area contributed by atoms with Gasteiger partial charge in [-0.15, -0.1) is 0 Å². The molecule has 228 valence electrons. The van der Waals surface area contributed by atoms with Crippen LogP contribution in [0.25, 0.3) is 0 Å². The van der Waals surface area contributed by atoms with Crippen LogP contribution in [0.5, 0.6) is 0 Å². The van der Waals surface area contributed by atoms with Gasteiger partial charge in [-0.05, 0) is 53.5 Å². The topological polar surface area (TPSA) is 90.9 Å². The molecule has 0 spiro atoms. The molecule has 4 atom stereocenters. The molecule has 9 nitrogen and oxygen atoms in total. The van der Waals surface area contributed by atoms with Crippen molar-refractivity contribution in [2.75, 3.05) is 40.3 Å². The van der Waals surface area contributed by atoms with Gasteiger partial charge in [0.25, 0.3) is 0 Å². The van der Waals surface area contributed by atoms with Gasteiger partial charge in [0, 0.05) is 13.2 Å². The lowest BCUT2D eigenvalue weighted by Crippen LogP contribution is -2.37. The zero-order valence-electron chi connectivity index (χ0n) is 25.2. The molecule has 0 unspecified atom stereocenters. The average Bonchev–Trinajstić information content (AvgIpc) is 3.38. The zero-order chi connectivity index (χ0) is 28.6. The lowest BCUT2D eigenvalue weighted by atomic mass is 10.00. The van der Waals surface area contributed by atoms with E-state index in [1.807, 2.05) is 27.7 Å². The van der Waals surface area contributed by atoms with Crippen molar-refractivity contribution in [2.24, 2.45) is 0 Å². The maximum Gasteiger partial charge on any atom is 0.330 e. The molecule has 0 aromatic carbocycles. The predicted octanol–water partition coefficient (Wildman–Crippen LogP) is 5.68. The van der Waals surface area contributed by atoms with Crippen LogP contribution in [0, 0.1) is 0 Å². The highest BCUT2D eigenvalue weighted by Gasteiger charge is 2.44. The minimum absolute atomic E-state index is 0.0631. The highest BCUT2D eigenvalue weighted by atomic mass is 16.8. The number of rotatable bonds is 21. The average molecular weight is 559 g/mol. The molecule has 0 N–H and O–H groups in total. The third-order valence-corrected chi connectivity index (χ3v) is 6.86. The Kier molecular flexibility index (Phi) is 16.1. The summed E-state index contributed by atoms with van der Waals surface area (Å²) in [5.41, 5.74) is 0. The van der Waals surface area contributed by atoms with Gasteiger partial charge >= 0.3 is 5.97 Å². The van der Waals surface area contributed by atoms with Crippen LogP contribution in [0.2, 0.25) is 0 Å². The molecule has 2 aliphatic heterocycles. The summed E-state index contributed by atoms with van der Waals surface area (Å²) in [6, 6.07) is 0. The second-order valence-electron chi connectivity index (χ2n) is 11.3. The second-order valence-corrected chi connectivity index (χ2v) is 11.3. The number of carbonyl (C=O) groups is 1. The number of hydrogen-bond donors (Lipinski definition) is 0. The molecule has 39 heavy (non-hydrogen) atoms. The lowest BCUT2D eigenvalue weighted by molar-refractivity contribution is -0.166. The molecular formula is C30H54O9. The Morgan fingerprint density at radius 1 is 0.897 bits per heavy atom. The van der Waals surface area contributed by atoms with Crippen molar-refractivity contribution in [3.05, 3.63) is 12.2 Å². The Labute approximate surface area is 236 Å². The number of ether oxygens (including phenoxy) is 8. The molecule has 0 aromatic rings. The summed E-state index contributed by atoms with van der Waals surface area (Å²) in [6.45, 7) is 11.6. The summed E-state index contributed by atoms with van der Waals surface area (Å²) in [6.07, 6.45) is 13.9. The molecule has 0 amide bonds. The Balaban J connectivity index is 1.69. The summed E-state index contributed by atoms with van der Waals surface area (Å²) >= 11 is 0. The van der Waals surface area contributed by atoms with Crippen molar-refractivity contribution in [1.29, 1.82) is 0 Å². The van der Waals surface area contributed by atoms with Gasteiger partial charge in [-0.1, -0.05) is 51.4 Å². The van der Waals surface area contributed by atoms with Gasteiger partial charge in [-0.2, -0.15) is 0 Å².